The van der Waals surface area contributed by atoms with Crippen LogP contribution < -0.4 is 20.1 Å². The maximum Gasteiger partial charge on any atom is 0.335 e. The highest BCUT2D eigenvalue weighted by molar-refractivity contribution is 9.10. The fraction of sp³-hybridized carbons (Fsp3) is 0.200. The Morgan fingerprint density at radius 1 is 0.970 bits per heavy atom. The van der Waals surface area contributed by atoms with E-state index in [1.807, 2.05) is 37.3 Å². The van der Waals surface area contributed by atoms with Crippen molar-refractivity contribution in [3.05, 3.63) is 87.4 Å². The molecule has 3 N–H and O–H groups in total. The average Bonchev–Trinajstić information content (AvgIpc) is 2.81. The highest BCUT2D eigenvalue weighted by atomic mass is 79.9. The van der Waals surface area contributed by atoms with E-state index in [2.05, 4.69) is 26.6 Å². The Bertz CT molecular complexity index is 1110. The summed E-state index contributed by atoms with van der Waals surface area (Å²) in [6.07, 6.45) is 0. The number of hydrogen-bond donors (Lipinski definition) is 3. The van der Waals surface area contributed by atoms with Gasteiger partial charge in [-0.05, 0) is 48.9 Å². The Balaban J connectivity index is 1.65. The SMILES string of the molecule is COc1ccc(Br)c(CNCc2ccc(C(=O)O)cc2)c1OCC(=O)Nc1ccc(C)cc1. The van der Waals surface area contributed by atoms with Crippen LogP contribution in [0.1, 0.15) is 27.0 Å². The Hall–Kier alpha value is -3.36. The Morgan fingerprint density at radius 2 is 1.67 bits per heavy atom. The van der Waals surface area contributed by atoms with Gasteiger partial charge >= 0.3 is 5.97 Å². The van der Waals surface area contributed by atoms with Crippen LogP contribution in [-0.4, -0.2) is 30.7 Å². The number of halogens is 1. The van der Waals surface area contributed by atoms with Gasteiger partial charge in [0.15, 0.2) is 18.1 Å². The minimum absolute atomic E-state index is 0.176. The number of hydrogen-bond acceptors (Lipinski definition) is 5. The van der Waals surface area contributed by atoms with Crippen molar-refractivity contribution in [2.45, 2.75) is 20.0 Å². The summed E-state index contributed by atoms with van der Waals surface area (Å²) in [5, 5.41) is 15.2. The molecule has 0 aromatic heterocycles. The standard InChI is InChI=1S/C25H25BrN2O5/c1-16-3-9-19(10-4-16)28-23(29)15-33-24-20(21(26)11-12-22(24)32-2)14-27-13-17-5-7-18(8-6-17)25(30)31/h3-12,27H,13-15H2,1-2H3,(H,28,29)(H,30,31). The van der Waals surface area contributed by atoms with Crippen LogP contribution in [0.15, 0.2) is 65.1 Å². The van der Waals surface area contributed by atoms with Crippen LogP contribution in [0.4, 0.5) is 5.69 Å². The maximum atomic E-state index is 12.4. The molecule has 0 heterocycles. The number of aromatic carboxylic acids is 1. The first-order chi connectivity index (χ1) is 15.9. The molecule has 3 aromatic rings. The van der Waals surface area contributed by atoms with Crippen LogP contribution in [0, 0.1) is 6.92 Å². The summed E-state index contributed by atoms with van der Waals surface area (Å²) < 4.78 is 12.1. The molecule has 0 aliphatic rings. The smallest absolute Gasteiger partial charge is 0.335 e. The Morgan fingerprint density at radius 3 is 2.30 bits per heavy atom. The van der Waals surface area contributed by atoms with Gasteiger partial charge < -0.3 is 25.2 Å². The summed E-state index contributed by atoms with van der Waals surface area (Å²) in [6.45, 7) is 2.77. The first-order valence-electron chi connectivity index (χ1n) is 10.2. The number of carbonyl (C=O) groups excluding carboxylic acids is 1. The van der Waals surface area contributed by atoms with Crippen LogP contribution in [0.3, 0.4) is 0 Å². The third kappa shape index (κ3) is 6.81. The lowest BCUT2D eigenvalue weighted by atomic mass is 10.1. The van der Waals surface area contributed by atoms with Crippen molar-refractivity contribution in [1.29, 1.82) is 0 Å². The molecule has 0 saturated heterocycles. The van der Waals surface area contributed by atoms with Crippen molar-refractivity contribution >= 4 is 33.5 Å². The van der Waals surface area contributed by atoms with Crippen molar-refractivity contribution in [2.24, 2.45) is 0 Å². The van der Waals surface area contributed by atoms with Gasteiger partial charge in [0.2, 0.25) is 0 Å². The van der Waals surface area contributed by atoms with Crippen LogP contribution >= 0.6 is 15.9 Å². The van der Waals surface area contributed by atoms with E-state index in [0.29, 0.717) is 30.3 Å². The molecule has 0 unspecified atom stereocenters. The monoisotopic (exact) mass is 512 g/mol. The predicted molar refractivity (Wildman–Crippen MR) is 130 cm³/mol. The lowest BCUT2D eigenvalue weighted by Gasteiger charge is -2.17. The second-order valence-electron chi connectivity index (χ2n) is 7.37. The van der Waals surface area contributed by atoms with Gasteiger partial charge in [-0.15, -0.1) is 0 Å². The quantitative estimate of drug-likeness (QED) is 0.362. The molecular formula is C25H25BrN2O5. The third-order valence-corrected chi connectivity index (χ3v) is 5.64. The zero-order valence-corrected chi connectivity index (χ0v) is 19.9. The van der Waals surface area contributed by atoms with Crippen molar-refractivity contribution in [3.63, 3.8) is 0 Å². The Kier molecular flexibility index (Phi) is 8.46. The number of anilines is 1. The summed E-state index contributed by atoms with van der Waals surface area (Å²) >= 11 is 3.55. The molecule has 0 aliphatic carbocycles. The molecule has 3 rings (SSSR count). The van der Waals surface area contributed by atoms with Crippen LogP contribution in [0.2, 0.25) is 0 Å². The molecule has 0 atom stereocenters. The van der Waals surface area contributed by atoms with E-state index in [1.165, 1.54) is 0 Å². The maximum absolute atomic E-state index is 12.4. The minimum atomic E-state index is -0.956. The largest absolute Gasteiger partial charge is 0.493 e. The molecule has 7 nitrogen and oxygen atoms in total. The molecule has 3 aromatic carbocycles. The summed E-state index contributed by atoms with van der Waals surface area (Å²) in [4.78, 5) is 23.4. The molecule has 1 amide bonds. The number of rotatable bonds is 10. The molecule has 0 aliphatic heterocycles. The van der Waals surface area contributed by atoms with E-state index in [1.54, 1.807) is 37.4 Å². The predicted octanol–water partition coefficient (Wildman–Crippen LogP) is 4.77. The lowest BCUT2D eigenvalue weighted by molar-refractivity contribution is -0.118. The van der Waals surface area contributed by atoms with Gasteiger partial charge in [0, 0.05) is 28.8 Å². The third-order valence-electron chi connectivity index (χ3n) is 4.90. The lowest BCUT2D eigenvalue weighted by Crippen LogP contribution is -2.21. The number of aryl methyl sites for hydroxylation is 1. The Labute approximate surface area is 200 Å². The van der Waals surface area contributed by atoms with Gasteiger partial charge in [-0.2, -0.15) is 0 Å². The zero-order chi connectivity index (χ0) is 23.8. The molecule has 33 heavy (non-hydrogen) atoms. The number of carbonyl (C=O) groups is 2. The molecule has 0 spiro atoms. The second kappa shape index (κ2) is 11.5. The summed E-state index contributed by atoms with van der Waals surface area (Å²) in [5.74, 6) is -0.245. The molecule has 0 saturated carbocycles. The number of carboxylic acids is 1. The van der Waals surface area contributed by atoms with E-state index in [0.717, 1.165) is 21.2 Å². The van der Waals surface area contributed by atoms with Gasteiger partial charge in [0.25, 0.3) is 5.91 Å². The number of benzene rings is 3. The molecule has 0 bridgehead atoms. The van der Waals surface area contributed by atoms with Gasteiger partial charge in [0.05, 0.1) is 12.7 Å². The highest BCUT2D eigenvalue weighted by Gasteiger charge is 2.16. The fourth-order valence-corrected chi connectivity index (χ4v) is 3.59. The normalized spacial score (nSPS) is 10.5. The summed E-state index contributed by atoms with van der Waals surface area (Å²) in [6, 6.07) is 17.8. The molecule has 0 fully saturated rings. The molecule has 8 heteroatoms. The summed E-state index contributed by atoms with van der Waals surface area (Å²) in [5.41, 5.74) is 3.80. The minimum Gasteiger partial charge on any atom is -0.493 e. The van der Waals surface area contributed by atoms with E-state index in [-0.39, 0.29) is 18.1 Å². The number of methoxy groups -OCH3 is 1. The van der Waals surface area contributed by atoms with E-state index >= 15 is 0 Å². The first kappa shape index (κ1) is 24.3. The number of carboxylic acid groups (broad SMARTS) is 1. The van der Waals surface area contributed by atoms with Crippen molar-refractivity contribution < 1.29 is 24.2 Å². The zero-order valence-electron chi connectivity index (χ0n) is 18.4. The number of amides is 1. The van der Waals surface area contributed by atoms with E-state index in [9.17, 15) is 9.59 Å². The molecule has 0 radical (unpaired) electrons. The topological polar surface area (TPSA) is 96.9 Å². The van der Waals surface area contributed by atoms with Crippen LogP contribution in [0.5, 0.6) is 11.5 Å². The summed E-state index contributed by atoms with van der Waals surface area (Å²) in [7, 11) is 1.55. The van der Waals surface area contributed by atoms with Gasteiger partial charge in [-0.25, -0.2) is 4.79 Å². The van der Waals surface area contributed by atoms with Crippen molar-refractivity contribution in [3.8, 4) is 11.5 Å². The van der Waals surface area contributed by atoms with Crippen molar-refractivity contribution in [2.75, 3.05) is 19.0 Å². The first-order valence-corrected chi connectivity index (χ1v) is 11.0. The average molecular weight is 513 g/mol. The van der Waals surface area contributed by atoms with Gasteiger partial charge in [-0.3, -0.25) is 4.79 Å². The van der Waals surface area contributed by atoms with Crippen LogP contribution in [-0.2, 0) is 17.9 Å². The molecular weight excluding hydrogens is 488 g/mol. The van der Waals surface area contributed by atoms with Crippen molar-refractivity contribution in [1.82, 2.24) is 5.32 Å². The second-order valence-corrected chi connectivity index (χ2v) is 8.22. The van der Waals surface area contributed by atoms with Gasteiger partial charge in [-0.1, -0.05) is 45.8 Å². The van der Waals surface area contributed by atoms with E-state index in [4.69, 9.17) is 14.6 Å². The van der Waals surface area contributed by atoms with E-state index < -0.39 is 5.97 Å². The fourth-order valence-electron chi connectivity index (χ4n) is 3.13. The number of ether oxygens (including phenoxy) is 2. The molecule has 172 valence electrons. The van der Waals surface area contributed by atoms with Crippen LogP contribution in [0.25, 0.3) is 0 Å². The number of nitrogens with one attached hydrogen (secondary N) is 2. The highest BCUT2D eigenvalue weighted by Crippen LogP contribution is 2.36. The van der Waals surface area contributed by atoms with Gasteiger partial charge in [0.1, 0.15) is 0 Å².